The van der Waals surface area contributed by atoms with Gasteiger partial charge in [-0.05, 0) is 170 Å². The third kappa shape index (κ3) is 22.4. The number of hydrogen-bond acceptors (Lipinski definition) is 19. The van der Waals surface area contributed by atoms with Gasteiger partial charge in [-0.15, -0.1) is 0 Å². The Morgan fingerprint density at radius 1 is 0.582 bits per heavy atom. The van der Waals surface area contributed by atoms with Crippen LogP contribution >= 0.6 is 23.5 Å². The van der Waals surface area contributed by atoms with Crippen molar-refractivity contribution in [1.82, 2.24) is 68.7 Å². The first-order valence-corrected chi connectivity index (χ1v) is 38.3. The molecule has 7 fully saturated rings. The van der Waals surface area contributed by atoms with Crippen molar-refractivity contribution in [3.8, 4) is 0 Å². The van der Waals surface area contributed by atoms with Gasteiger partial charge in [0.25, 0.3) is 0 Å². The van der Waals surface area contributed by atoms with Crippen LogP contribution in [0.25, 0.3) is 0 Å². The molecule has 10 amide bonds. The normalized spacial score (nSPS) is 33.8. The van der Waals surface area contributed by atoms with Crippen molar-refractivity contribution in [2.45, 2.75) is 232 Å². The highest BCUT2D eigenvalue weighted by molar-refractivity contribution is 7.98. The quantitative estimate of drug-likeness (QED) is 0.0969. The van der Waals surface area contributed by atoms with E-state index in [0.717, 1.165) is 62.5 Å². The van der Waals surface area contributed by atoms with E-state index in [1.807, 2.05) is 24.3 Å². The molecule has 8 unspecified atom stereocenters. The number of carbonyl (C=O) groups excluding carboxylic acids is 10. The summed E-state index contributed by atoms with van der Waals surface area (Å²) in [4.78, 5) is 159. The zero-order valence-corrected chi connectivity index (χ0v) is 58.1. The Morgan fingerprint density at radius 2 is 1.17 bits per heavy atom. The van der Waals surface area contributed by atoms with Crippen molar-refractivity contribution in [2.75, 3.05) is 57.4 Å². The van der Waals surface area contributed by atoms with Gasteiger partial charge in [0.05, 0.1) is 19.1 Å². The molecule has 3 aliphatic carbocycles. The number of hydrogen-bond donors (Lipinski definition) is 16. The highest BCUT2D eigenvalue weighted by atomic mass is 32.2. The van der Waals surface area contributed by atoms with Crippen LogP contribution in [0.4, 0.5) is 0 Å². The topological polar surface area (TPSA) is 428 Å². The summed E-state index contributed by atoms with van der Waals surface area (Å²) in [5, 5.41) is 57.1. The number of fused-ring (bicyclic) bond motifs is 5. The fourth-order valence-electron chi connectivity index (χ4n) is 16.1. The number of rotatable bonds is 15. The predicted molar refractivity (Wildman–Crippen MR) is 370 cm³/mol. The third-order valence-electron chi connectivity index (χ3n) is 21.4. The molecule has 15 atom stereocenters. The predicted octanol–water partition coefficient (Wildman–Crippen LogP) is -0.667. The number of aliphatic carboxylic acids is 1. The zero-order valence-electron chi connectivity index (χ0n) is 56.5. The average Bonchev–Trinajstić information content (AvgIpc) is 1.61. The van der Waals surface area contributed by atoms with Gasteiger partial charge in [0.1, 0.15) is 48.3 Å². The number of unbranched alkanes of at least 4 members (excludes halogenated alkanes) is 1. The standard InChI is InChI=1S/C68H107N15O13S2/c69-22-6-5-15-50-62(90)74-34-59(86)77-51(27-42-31-72-48-13-3-1-11-46(42)48)63(91)78-52(28-43-32-73-49-14-4-2-12-47(43)49)64(92)80-54(30-60(87)88)66(94)79-53(29-44-33-71-38-75-44)65(93)81-55(26-39-17-19-45(84)20-18-39)68(96)83-23-8-16-57(83)67(95)82-56(61(70)89)37-98-36-41-10-7-9-40(25-41)35-97-24-21-58(85)76-50/h7,9-10,25,39,42-57,71-73,75,84H,1-6,8,11-24,26-38,69H2,(H2,70,89)(H,74,90)(H,76,85)(H,77,86)(H,78,91)(H,79,94)(H,80,92)(H,81,93)(H,82,95)(H,87,88)/t39?,42?,43?,44?,45?,46?,47?,48?,49?,50?,51-,52-,53-,54-,55-,56-,57-/m0/s1. The second-order valence-corrected chi connectivity index (χ2v) is 30.6. The van der Waals surface area contributed by atoms with Gasteiger partial charge in [0.2, 0.25) is 59.1 Å². The lowest BCUT2D eigenvalue weighted by atomic mass is 9.77. The number of benzene rings is 1. The molecule has 30 heteroatoms. The first kappa shape index (κ1) is 76.0. The van der Waals surface area contributed by atoms with E-state index < -0.39 is 133 Å². The van der Waals surface area contributed by atoms with E-state index >= 15 is 19.2 Å². The van der Waals surface area contributed by atoms with Gasteiger partial charge in [-0.25, -0.2) is 0 Å². The summed E-state index contributed by atoms with van der Waals surface area (Å²) >= 11 is 2.91. The van der Waals surface area contributed by atoms with Crippen molar-refractivity contribution >= 4 is 88.6 Å². The van der Waals surface area contributed by atoms with E-state index in [1.54, 1.807) is 0 Å². The smallest absolute Gasteiger partial charge is 0.305 e. The van der Waals surface area contributed by atoms with Gasteiger partial charge in [0.15, 0.2) is 0 Å². The molecule has 98 heavy (non-hydrogen) atoms. The Bertz CT molecular complexity index is 2920. The molecule has 3 saturated carbocycles. The minimum Gasteiger partial charge on any atom is -0.481 e. The van der Waals surface area contributed by atoms with Crippen LogP contribution in [0.5, 0.6) is 0 Å². The first-order chi connectivity index (χ1) is 47.3. The van der Waals surface area contributed by atoms with Crippen LogP contribution in [0.2, 0.25) is 0 Å². The molecule has 8 aliphatic rings. The van der Waals surface area contributed by atoms with Crippen LogP contribution in [-0.2, 0) is 64.2 Å². The maximum atomic E-state index is 15.2. The van der Waals surface area contributed by atoms with Crippen LogP contribution in [0.3, 0.4) is 0 Å². The molecule has 0 aromatic heterocycles. The highest BCUT2D eigenvalue weighted by Gasteiger charge is 2.45. The van der Waals surface area contributed by atoms with Gasteiger partial charge in [-0.1, -0.05) is 49.9 Å². The highest BCUT2D eigenvalue weighted by Crippen LogP contribution is 2.39. The molecule has 28 nitrogen and oxygen atoms in total. The van der Waals surface area contributed by atoms with Gasteiger partial charge >= 0.3 is 5.97 Å². The van der Waals surface area contributed by atoms with Crippen molar-refractivity contribution in [3.05, 3.63) is 35.4 Å². The van der Waals surface area contributed by atoms with E-state index in [-0.39, 0.29) is 105 Å². The second-order valence-electron chi connectivity index (χ2n) is 28.5. The molecule has 9 rings (SSSR count). The van der Waals surface area contributed by atoms with E-state index in [9.17, 15) is 43.8 Å². The summed E-state index contributed by atoms with van der Waals surface area (Å²) < 4.78 is 0. The SMILES string of the molecule is NCCCCC1NC(=O)CCSCc2cccc(c2)CSC[C@@H](C(N)=O)NC(=O)[C@@H]2CCCN2C(=O)[C@H](CC2CCC(O)CC2)NC(=O)[C@H](CC2CNCN2)NC(=O)[C@H](CC(=O)O)NC(=O)[C@H](CC2CNC3CCCCC23)NC(=O)[C@H](CC2CNC3CCCCC23)NC(=O)CNC1=O. The van der Waals surface area contributed by atoms with Gasteiger partial charge in [0, 0.05) is 67.3 Å². The van der Waals surface area contributed by atoms with Crippen molar-refractivity contribution in [1.29, 1.82) is 0 Å². The fraction of sp³-hybridized carbons (Fsp3) is 0.750. The number of nitrogens with zero attached hydrogens (tertiary/aromatic N) is 1. The number of nitrogens with two attached hydrogens (primary N) is 2. The molecule has 1 aromatic rings. The summed E-state index contributed by atoms with van der Waals surface area (Å²) in [7, 11) is 0. The van der Waals surface area contributed by atoms with E-state index in [4.69, 9.17) is 11.5 Å². The lowest BCUT2D eigenvalue weighted by Gasteiger charge is -2.34. The van der Waals surface area contributed by atoms with Crippen molar-refractivity contribution < 1.29 is 63.0 Å². The number of aliphatic hydroxyl groups excluding tert-OH is 1. The summed E-state index contributed by atoms with van der Waals surface area (Å²) in [6, 6.07) is -2.31. The van der Waals surface area contributed by atoms with Gasteiger partial charge in [-0.2, -0.15) is 23.5 Å². The number of carboxylic acids is 1. The summed E-state index contributed by atoms with van der Waals surface area (Å²) in [6.45, 7) is 1.85. The van der Waals surface area contributed by atoms with E-state index in [2.05, 4.69) is 63.8 Å². The monoisotopic (exact) mass is 1410 g/mol. The number of amides is 10. The molecule has 4 saturated heterocycles. The zero-order chi connectivity index (χ0) is 69.7. The van der Waals surface area contributed by atoms with E-state index in [0.29, 0.717) is 95.1 Å². The molecule has 2 bridgehead atoms. The number of nitrogens with one attached hydrogen (secondary N) is 12. The van der Waals surface area contributed by atoms with Crippen molar-refractivity contribution in [2.24, 2.45) is 41.1 Å². The molecular weight excluding hydrogens is 1300 g/mol. The Balaban J connectivity index is 1.01. The van der Waals surface area contributed by atoms with Crippen LogP contribution in [0, 0.1) is 29.6 Å². The molecule has 18 N–H and O–H groups in total. The Hall–Kier alpha value is -6.15. The number of aliphatic hydroxyl groups is 1. The van der Waals surface area contributed by atoms with Gasteiger partial charge < -0.3 is 90.4 Å². The Morgan fingerprint density at radius 3 is 1.80 bits per heavy atom. The summed E-state index contributed by atoms with van der Waals surface area (Å²) in [6.07, 6.45) is 10.8. The molecule has 1 aromatic carbocycles. The minimum atomic E-state index is -1.80. The number of carboxylic acid groups (broad SMARTS) is 1. The first-order valence-electron chi connectivity index (χ1n) is 36.0. The third-order valence-corrected chi connectivity index (χ3v) is 23.5. The largest absolute Gasteiger partial charge is 0.481 e. The van der Waals surface area contributed by atoms with Crippen LogP contribution in [0.1, 0.15) is 159 Å². The lowest BCUT2D eigenvalue weighted by molar-refractivity contribution is -0.143. The number of thioether (sulfide) groups is 2. The molecule has 5 aliphatic heterocycles. The Labute approximate surface area is 583 Å². The minimum absolute atomic E-state index is 0.0443. The fourth-order valence-corrected chi connectivity index (χ4v) is 18.0. The summed E-state index contributed by atoms with van der Waals surface area (Å²) in [5.74, 6) is -6.77. The molecule has 0 radical (unpaired) electrons. The number of primary amides is 1. The number of carbonyl (C=O) groups is 11. The molecule has 544 valence electrons. The molecule has 0 spiro atoms. The lowest BCUT2D eigenvalue weighted by Crippen LogP contribution is -2.61. The average molecular weight is 1410 g/mol. The molecular formula is C68H107N15O13S2. The molecule has 5 heterocycles. The second kappa shape index (κ2) is 38.0. The van der Waals surface area contributed by atoms with Gasteiger partial charge in [-0.3, -0.25) is 52.7 Å². The van der Waals surface area contributed by atoms with Crippen LogP contribution in [-0.4, -0.2) is 210 Å². The summed E-state index contributed by atoms with van der Waals surface area (Å²) in [5.41, 5.74) is 13.7. The maximum absolute atomic E-state index is 15.2. The van der Waals surface area contributed by atoms with Crippen molar-refractivity contribution in [3.63, 3.8) is 0 Å². The maximum Gasteiger partial charge on any atom is 0.305 e. The van der Waals surface area contributed by atoms with Crippen LogP contribution < -0.4 is 75.3 Å². The van der Waals surface area contributed by atoms with E-state index in [1.165, 1.54) is 28.4 Å². The van der Waals surface area contributed by atoms with Crippen LogP contribution in [0.15, 0.2) is 24.3 Å². The Kier molecular flexibility index (Phi) is 29.5.